The predicted octanol–water partition coefficient (Wildman–Crippen LogP) is 3.37. The summed E-state index contributed by atoms with van der Waals surface area (Å²) in [6, 6.07) is 16.4. The summed E-state index contributed by atoms with van der Waals surface area (Å²) in [7, 11) is -0.0464. The number of halogens is 2. The molecule has 0 N–H and O–H groups in total. The van der Waals surface area contributed by atoms with E-state index in [1.807, 2.05) is 19.0 Å². The van der Waals surface area contributed by atoms with Gasteiger partial charge in [-0.05, 0) is 0 Å². The molecule has 22 heavy (non-hydrogen) atoms. The number of benzene rings is 2. The molecule has 0 aliphatic rings. The van der Waals surface area contributed by atoms with Crippen LogP contribution in [0.4, 0.5) is 8.39 Å². The topological polar surface area (TPSA) is 6.48 Å². The Morgan fingerprint density at radius 3 is 1.50 bits per heavy atom. The fraction of sp³-hybridized carbons (Fsp3) is 0.294. The number of hydrogen-bond donors (Lipinski definition) is 0. The summed E-state index contributed by atoms with van der Waals surface area (Å²) < 4.78 is 33.6. The van der Waals surface area contributed by atoms with Crippen LogP contribution < -0.4 is 10.6 Å². The van der Waals surface area contributed by atoms with Crippen molar-refractivity contribution in [2.24, 2.45) is 0 Å². The zero-order valence-electron chi connectivity index (χ0n) is 13.3. The molecule has 0 aromatic heterocycles. The summed E-state index contributed by atoms with van der Waals surface area (Å²) in [5.74, 6) is 0. The molecule has 5 heteroatoms. The molecule has 0 unspecified atom stereocenters. The first-order valence-corrected chi connectivity index (χ1v) is 9.25. The van der Waals surface area contributed by atoms with Gasteiger partial charge in [-0.25, -0.2) is 0 Å². The van der Waals surface area contributed by atoms with Crippen molar-refractivity contribution in [2.75, 3.05) is 34.2 Å². The molecule has 2 rings (SSSR count). The van der Waals surface area contributed by atoms with Gasteiger partial charge in [-0.15, -0.1) is 0 Å². The van der Waals surface area contributed by atoms with Crippen molar-refractivity contribution in [2.45, 2.75) is 0 Å². The monoisotopic (exact) mass is 324 g/mol. The second-order valence-electron chi connectivity index (χ2n) is 5.72. The molecule has 2 aromatic rings. The fourth-order valence-corrected chi connectivity index (χ4v) is 5.31. The van der Waals surface area contributed by atoms with Gasteiger partial charge in [0.1, 0.15) is 0 Å². The standard InChI is InChI=1S/C17H23F2N2P/c1-20(2)14-15-21(3)22(18,19,16-10-6-4-7-11-16)17-12-8-5-9-13-17/h4-13H,14-15H2,1-3H3. The maximum atomic E-state index is 16.2. The van der Waals surface area contributed by atoms with Crippen LogP contribution in [0.25, 0.3) is 0 Å². The molecule has 0 aliphatic heterocycles. The molecule has 0 amide bonds. The van der Waals surface area contributed by atoms with Gasteiger partial charge in [0.05, 0.1) is 0 Å². The van der Waals surface area contributed by atoms with Crippen molar-refractivity contribution in [3.8, 4) is 0 Å². The molecule has 0 atom stereocenters. The summed E-state index contributed by atoms with van der Waals surface area (Å²) >= 11 is 0. The van der Waals surface area contributed by atoms with Gasteiger partial charge in [0.25, 0.3) is 0 Å². The average Bonchev–Trinajstić information content (AvgIpc) is 2.54. The Labute approximate surface area is 131 Å². The van der Waals surface area contributed by atoms with Crippen LogP contribution in [0.5, 0.6) is 0 Å². The van der Waals surface area contributed by atoms with Gasteiger partial charge in [0, 0.05) is 0 Å². The third kappa shape index (κ3) is 3.05. The van der Waals surface area contributed by atoms with Gasteiger partial charge in [0.2, 0.25) is 0 Å². The Morgan fingerprint density at radius 2 is 1.14 bits per heavy atom. The molecule has 120 valence electrons. The molecule has 0 saturated carbocycles. The van der Waals surface area contributed by atoms with Crippen molar-refractivity contribution in [1.82, 2.24) is 9.57 Å². The molecular weight excluding hydrogens is 301 g/mol. The third-order valence-electron chi connectivity index (χ3n) is 3.86. The zero-order valence-corrected chi connectivity index (χ0v) is 14.2. The number of hydrogen-bond acceptors (Lipinski definition) is 2. The van der Waals surface area contributed by atoms with Crippen molar-refractivity contribution >= 4 is 18.0 Å². The molecule has 0 fully saturated rings. The second kappa shape index (κ2) is 6.41. The van der Waals surface area contributed by atoms with E-state index >= 15 is 8.39 Å². The molecule has 0 saturated heterocycles. The Balaban J connectivity index is 2.54. The van der Waals surface area contributed by atoms with Crippen LogP contribution in [-0.2, 0) is 0 Å². The number of nitrogens with zero attached hydrogens (tertiary/aromatic N) is 2. The van der Waals surface area contributed by atoms with Gasteiger partial charge < -0.3 is 0 Å². The fourth-order valence-electron chi connectivity index (χ4n) is 2.43. The summed E-state index contributed by atoms with van der Waals surface area (Å²) in [6.07, 6.45) is 0. The first-order valence-electron chi connectivity index (χ1n) is 7.28. The summed E-state index contributed by atoms with van der Waals surface area (Å²) in [4.78, 5) is 1.92. The van der Waals surface area contributed by atoms with Gasteiger partial charge >= 0.3 is 131 Å². The molecule has 2 nitrogen and oxygen atoms in total. The van der Waals surface area contributed by atoms with Crippen LogP contribution in [0.1, 0.15) is 0 Å². The van der Waals surface area contributed by atoms with E-state index in [-0.39, 0.29) is 10.6 Å². The molecule has 0 bridgehead atoms. The Morgan fingerprint density at radius 1 is 0.727 bits per heavy atom. The van der Waals surface area contributed by atoms with E-state index in [1.165, 1.54) is 36.0 Å². The van der Waals surface area contributed by atoms with Crippen molar-refractivity contribution < 1.29 is 8.39 Å². The zero-order chi connectivity index (χ0) is 16.2. The maximum absolute atomic E-state index is 16.2. The first kappa shape index (κ1) is 17.0. The number of rotatable bonds is 6. The van der Waals surface area contributed by atoms with Crippen LogP contribution in [0.15, 0.2) is 60.7 Å². The van der Waals surface area contributed by atoms with E-state index in [2.05, 4.69) is 0 Å². The van der Waals surface area contributed by atoms with Gasteiger partial charge in [-0.1, -0.05) is 0 Å². The Bertz CT molecular complexity index is 559. The summed E-state index contributed by atoms with van der Waals surface area (Å²) in [5, 5.41) is 0.224. The Kier molecular flexibility index (Phi) is 4.96. The van der Waals surface area contributed by atoms with Crippen LogP contribution in [0.3, 0.4) is 0 Å². The molecule has 0 spiro atoms. The molecule has 0 radical (unpaired) electrons. The molecule has 0 heterocycles. The van der Waals surface area contributed by atoms with Gasteiger partial charge in [0.15, 0.2) is 0 Å². The van der Waals surface area contributed by atoms with Crippen LogP contribution in [-0.4, -0.2) is 43.8 Å². The Hall–Kier alpha value is -1.35. The van der Waals surface area contributed by atoms with Crippen LogP contribution in [0, 0.1) is 0 Å². The van der Waals surface area contributed by atoms with Gasteiger partial charge in [-0.2, -0.15) is 0 Å². The quantitative estimate of drug-likeness (QED) is 0.752. The van der Waals surface area contributed by atoms with Crippen molar-refractivity contribution in [1.29, 1.82) is 0 Å². The van der Waals surface area contributed by atoms with E-state index in [0.29, 0.717) is 13.1 Å². The number of likely N-dealkylation sites (N-methyl/N-ethyl adjacent to an activating group) is 2. The normalized spacial score (nSPS) is 14.0. The second-order valence-corrected chi connectivity index (χ2v) is 9.17. The predicted molar refractivity (Wildman–Crippen MR) is 92.5 cm³/mol. The average molecular weight is 324 g/mol. The molecular formula is C17H23F2N2P. The van der Waals surface area contributed by atoms with E-state index in [1.54, 1.807) is 36.4 Å². The first-order chi connectivity index (χ1) is 10.4. The molecule has 0 aliphatic carbocycles. The SMILES string of the molecule is CN(C)CCN(C)P(F)(F)(c1ccccc1)c1ccccc1. The van der Waals surface area contributed by atoms with Crippen LogP contribution >= 0.6 is 7.38 Å². The van der Waals surface area contributed by atoms with Crippen molar-refractivity contribution in [3.05, 3.63) is 60.7 Å². The minimum atomic E-state index is -5.36. The third-order valence-corrected chi connectivity index (χ3v) is 7.62. The van der Waals surface area contributed by atoms with Crippen LogP contribution in [0.2, 0.25) is 0 Å². The molecule has 2 aromatic carbocycles. The van der Waals surface area contributed by atoms with E-state index in [0.717, 1.165) is 0 Å². The van der Waals surface area contributed by atoms with E-state index < -0.39 is 7.38 Å². The van der Waals surface area contributed by atoms with E-state index in [9.17, 15) is 0 Å². The minimum absolute atomic E-state index is 0.112. The van der Waals surface area contributed by atoms with Crippen molar-refractivity contribution in [3.63, 3.8) is 0 Å². The van der Waals surface area contributed by atoms with E-state index in [4.69, 9.17) is 0 Å². The van der Waals surface area contributed by atoms with Gasteiger partial charge in [-0.3, -0.25) is 0 Å². The summed E-state index contributed by atoms with van der Waals surface area (Å²) in [5.41, 5.74) is 0. The summed E-state index contributed by atoms with van der Waals surface area (Å²) in [6.45, 7) is 0.892.